The van der Waals surface area contributed by atoms with E-state index in [-0.39, 0.29) is 23.6 Å². The van der Waals surface area contributed by atoms with E-state index in [4.69, 9.17) is 4.74 Å². The number of aromatic nitrogens is 1. The zero-order chi connectivity index (χ0) is 18.0. The van der Waals surface area contributed by atoms with Gasteiger partial charge in [0.2, 0.25) is 0 Å². The Balaban J connectivity index is 1.88. The highest BCUT2D eigenvalue weighted by atomic mass is 79.9. The maximum absolute atomic E-state index is 11.6. The molecule has 2 aromatic rings. The number of benzene rings is 1. The fourth-order valence-electron chi connectivity index (χ4n) is 3.29. The van der Waals surface area contributed by atoms with Crippen molar-refractivity contribution in [3.63, 3.8) is 0 Å². The molecular weight excluding hydrogens is 390 g/mol. The topological polar surface area (TPSA) is 94.4 Å². The molecule has 0 unspecified atom stereocenters. The number of nitro groups is 1. The van der Waals surface area contributed by atoms with Gasteiger partial charge in [-0.3, -0.25) is 14.9 Å². The van der Waals surface area contributed by atoms with Gasteiger partial charge in [-0.05, 0) is 43.9 Å². The number of pyridine rings is 1. The van der Waals surface area contributed by atoms with Gasteiger partial charge in [-0.2, -0.15) is 0 Å². The minimum atomic E-state index is -0.421. The normalized spacial score (nSPS) is 20.2. The van der Waals surface area contributed by atoms with E-state index in [0.29, 0.717) is 29.4 Å². The fraction of sp³-hybridized carbons (Fsp3) is 0.412. The minimum Gasteiger partial charge on any atom is -0.469 e. The van der Waals surface area contributed by atoms with Crippen molar-refractivity contribution < 1.29 is 14.5 Å². The molecule has 0 atom stereocenters. The van der Waals surface area contributed by atoms with E-state index in [1.54, 1.807) is 0 Å². The van der Waals surface area contributed by atoms with Gasteiger partial charge in [-0.1, -0.05) is 15.9 Å². The Morgan fingerprint density at radius 3 is 2.72 bits per heavy atom. The number of nitrogens with zero attached hydrogens (tertiary/aromatic N) is 2. The first-order chi connectivity index (χ1) is 12.0. The number of hydrogen-bond acceptors (Lipinski definition) is 6. The Morgan fingerprint density at radius 2 is 2.08 bits per heavy atom. The monoisotopic (exact) mass is 407 g/mol. The number of esters is 1. The predicted molar refractivity (Wildman–Crippen MR) is 97.5 cm³/mol. The van der Waals surface area contributed by atoms with Crippen LogP contribution in [0.5, 0.6) is 0 Å². The van der Waals surface area contributed by atoms with E-state index >= 15 is 0 Å². The van der Waals surface area contributed by atoms with Gasteiger partial charge in [-0.15, -0.1) is 0 Å². The van der Waals surface area contributed by atoms with Crippen LogP contribution in [0.15, 0.2) is 28.9 Å². The molecule has 0 radical (unpaired) electrons. The number of rotatable bonds is 4. The number of methoxy groups -OCH3 is 1. The van der Waals surface area contributed by atoms with Crippen molar-refractivity contribution in [2.75, 3.05) is 12.4 Å². The van der Waals surface area contributed by atoms with E-state index in [2.05, 4.69) is 26.2 Å². The van der Waals surface area contributed by atoms with Crippen molar-refractivity contribution in [2.45, 2.75) is 31.7 Å². The lowest BCUT2D eigenvalue weighted by molar-refractivity contribution is -0.384. The Labute approximate surface area is 153 Å². The van der Waals surface area contributed by atoms with Crippen LogP contribution in [-0.4, -0.2) is 29.0 Å². The van der Waals surface area contributed by atoms with Crippen LogP contribution in [0.4, 0.5) is 11.4 Å². The standard InChI is InChI=1S/C17H18BrN3O4/c1-25-17(22)10-2-5-12(6-3-10)20-16-13-8-11(18)4-7-14(13)19-9-15(16)21(23)24/h4,7-10,12H,2-3,5-6H2,1H3,(H,19,20)/t10-,12+. The van der Waals surface area contributed by atoms with Crippen LogP contribution in [-0.2, 0) is 9.53 Å². The van der Waals surface area contributed by atoms with E-state index in [9.17, 15) is 14.9 Å². The summed E-state index contributed by atoms with van der Waals surface area (Å²) in [6.07, 6.45) is 4.23. The first kappa shape index (κ1) is 17.6. The number of halogens is 1. The van der Waals surface area contributed by atoms with Crippen LogP contribution < -0.4 is 5.32 Å². The second-order valence-corrected chi connectivity index (χ2v) is 7.07. The van der Waals surface area contributed by atoms with E-state index in [1.807, 2.05) is 18.2 Å². The molecule has 25 heavy (non-hydrogen) atoms. The summed E-state index contributed by atoms with van der Waals surface area (Å²) in [6.45, 7) is 0. The molecule has 1 saturated carbocycles. The van der Waals surface area contributed by atoms with Crippen LogP contribution in [0.3, 0.4) is 0 Å². The van der Waals surface area contributed by atoms with E-state index < -0.39 is 4.92 Å². The predicted octanol–water partition coefficient (Wildman–Crippen LogP) is 4.05. The molecule has 1 aromatic carbocycles. The lowest BCUT2D eigenvalue weighted by atomic mass is 9.86. The van der Waals surface area contributed by atoms with Gasteiger partial charge in [0.25, 0.3) is 0 Å². The minimum absolute atomic E-state index is 0.0410. The Morgan fingerprint density at radius 1 is 1.36 bits per heavy atom. The van der Waals surface area contributed by atoms with Crippen molar-refractivity contribution in [1.82, 2.24) is 4.98 Å². The number of anilines is 1. The zero-order valence-corrected chi connectivity index (χ0v) is 15.3. The molecule has 0 aliphatic heterocycles. The SMILES string of the molecule is COC(=O)[C@H]1CC[C@@H](Nc2c([N+](=O)[O-])cnc3ccc(Br)cc23)CC1. The summed E-state index contributed by atoms with van der Waals surface area (Å²) in [4.78, 5) is 26.8. The Bertz CT molecular complexity index is 819. The second-order valence-electron chi connectivity index (χ2n) is 6.15. The molecule has 1 aliphatic carbocycles. The molecule has 3 rings (SSSR count). The van der Waals surface area contributed by atoms with E-state index in [0.717, 1.165) is 17.3 Å². The molecule has 1 aliphatic rings. The molecule has 1 aromatic heterocycles. The quantitative estimate of drug-likeness (QED) is 0.466. The zero-order valence-electron chi connectivity index (χ0n) is 13.7. The van der Waals surface area contributed by atoms with Gasteiger partial charge in [-0.25, -0.2) is 4.98 Å². The summed E-state index contributed by atoms with van der Waals surface area (Å²) in [6, 6.07) is 5.58. The third kappa shape index (κ3) is 3.73. The molecule has 0 bridgehead atoms. The summed E-state index contributed by atoms with van der Waals surface area (Å²) in [5.74, 6) is -0.260. The van der Waals surface area contributed by atoms with Crippen molar-refractivity contribution in [3.05, 3.63) is 39.0 Å². The number of nitrogens with one attached hydrogen (secondary N) is 1. The van der Waals surface area contributed by atoms with Crippen LogP contribution >= 0.6 is 15.9 Å². The molecule has 0 amide bonds. The molecule has 7 nitrogen and oxygen atoms in total. The highest BCUT2D eigenvalue weighted by molar-refractivity contribution is 9.10. The maximum atomic E-state index is 11.6. The van der Waals surface area contributed by atoms with Crippen molar-refractivity contribution in [2.24, 2.45) is 5.92 Å². The van der Waals surface area contributed by atoms with Gasteiger partial charge < -0.3 is 10.1 Å². The third-order valence-corrected chi connectivity index (χ3v) is 5.11. The molecule has 1 fully saturated rings. The lowest BCUT2D eigenvalue weighted by Gasteiger charge is -2.28. The third-order valence-electron chi connectivity index (χ3n) is 4.62. The number of carbonyl (C=O) groups excluding carboxylic acids is 1. The highest BCUT2D eigenvalue weighted by Gasteiger charge is 2.28. The van der Waals surface area contributed by atoms with Crippen LogP contribution in [0.25, 0.3) is 10.9 Å². The molecule has 8 heteroatoms. The van der Waals surface area contributed by atoms with Crippen LogP contribution in [0.1, 0.15) is 25.7 Å². The summed E-state index contributed by atoms with van der Waals surface area (Å²) in [7, 11) is 1.40. The smallest absolute Gasteiger partial charge is 0.311 e. The number of fused-ring (bicyclic) bond motifs is 1. The maximum Gasteiger partial charge on any atom is 0.311 e. The first-order valence-electron chi connectivity index (χ1n) is 8.06. The van der Waals surface area contributed by atoms with Gasteiger partial charge in [0.15, 0.2) is 0 Å². The fourth-order valence-corrected chi connectivity index (χ4v) is 3.65. The van der Waals surface area contributed by atoms with Crippen LogP contribution in [0, 0.1) is 16.0 Å². The van der Waals surface area contributed by atoms with Crippen molar-refractivity contribution in [1.29, 1.82) is 0 Å². The van der Waals surface area contributed by atoms with Gasteiger partial charge in [0, 0.05) is 15.9 Å². The lowest BCUT2D eigenvalue weighted by Crippen LogP contribution is -2.30. The average molecular weight is 408 g/mol. The van der Waals surface area contributed by atoms with E-state index in [1.165, 1.54) is 13.3 Å². The molecule has 1 heterocycles. The molecule has 0 spiro atoms. The van der Waals surface area contributed by atoms with Crippen LogP contribution in [0.2, 0.25) is 0 Å². The second kappa shape index (κ2) is 7.35. The molecule has 1 N–H and O–H groups in total. The number of carbonyl (C=O) groups is 1. The summed E-state index contributed by atoms with van der Waals surface area (Å²) in [5.41, 5.74) is 1.14. The molecule has 0 saturated heterocycles. The molecular formula is C17H18BrN3O4. The van der Waals surface area contributed by atoms with Crippen molar-refractivity contribution >= 4 is 44.2 Å². The van der Waals surface area contributed by atoms with Crippen molar-refractivity contribution in [3.8, 4) is 0 Å². The summed E-state index contributed by atoms with van der Waals surface area (Å²) < 4.78 is 5.64. The van der Waals surface area contributed by atoms with Gasteiger partial charge in [0.1, 0.15) is 11.9 Å². The molecule has 132 valence electrons. The summed E-state index contributed by atoms with van der Waals surface area (Å²) >= 11 is 3.41. The van der Waals surface area contributed by atoms with Gasteiger partial charge >= 0.3 is 11.7 Å². The largest absolute Gasteiger partial charge is 0.469 e. The Kier molecular flexibility index (Phi) is 5.17. The number of ether oxygens (including phenoxy) is 1. The Hall–Kier alpha value is -2.22. The van der Waals surface area contributed by atoms with Gasteiger partial charge in [0.05, 0.1) is 23.5 Å². The highest BCUT2D eigenvalue weighted by Crippen LogP contribution is 2.36. The summed E-state index contributed by atoms with van der Waals surface area (Å²) in [5, 5.41) is 15.5. The first-order valence-corrected chi connectivity index (χ1v) is 8.86. The number of hydrogen-bond donors (Lipinski definition) is 1. The average Bonchev–Trinajstić information content (AvgIpc) is 2.61.